The topological polar surface area (TPSA) is 44.1 Å². The Kier molecular flexibility index (Phi) is 8.49. The van der Waals surface area contributed by atoms with Crippen molar-refractivity contribution in [2.75, 3.05) is 0 Å². The van der Waals surface area contributed by atoms with Gasteiger partial charge in [-0.15, -0.1) is 11.3 Å². The fourth-order valence-corrected chi connectivity index (χ4v) is 12.2. The number of hydrogen-bond acceptors (Lipinski definition) is 4. The van der Waals surface area contributed by atoms with E-state index in [-0.39, 0.29) is 0 Å². The Morgan fingerprint density at radius 2 is 0.971 bits per heavy atom. The summed E-state index contributed by atoms with van der Waals surface area (Å²) in [5, 5.41) is 9.32. The molecule has 0 bridgehead atoms. The van der Waals surface area contributed by atoms with Crippen LogP contribution >= 0.6 is 11.3 Å². The van der Waals surface area contributed by atoms with Gasteiger partial charge in [0, 0.05) is 80.4 Å². The second-order valence-electron chi connectivity index (χ2n) is 18.2. The minimum absolute atomic E-state index is 0.873. The summed E-state index contributed by atoms with van der Waals surface area (Å²) in [4.78, 5) is 5.41. The Morgan fingerprint density at radius 3 is 1.86 bits per heavy atom. The van der Waals surface area contributed by atoms with Crippen LogP contribution in [-0.4, -0.2) is 9.55 Å². The van der Waals surface area contributed by atoms with Gasteiger partial charge in [-0.2, -0.15) is 0 Å². The van der Waals surface area contributed by atoms with Crippen molar-refractivity contribution in [2.45, 2.75) is 0 Å². The molecule has 5 heterocycles. The third kappa shape index (κ3) is 5.98. The van der Waals surface area contributed by atoms with Crippen LogP contribution in [0, 0.1) is 0 Å². The van der Waals surface area contributed by atoms with Gasteiger partial charge in [-0.1, -0.05) is 152 Å². The SMILES string of the molecule is c1ccc(-c2cc(-c3ccc4c(c3)oc3ccccc34)cc(-c3cccc4sc5c(-c6cccc7c6oc6ccc(-c8ccc9c(c8)c8ccccc8n9-c8ccccc8)cc67)cccc5c34)n2)cc1. The second kappa shape index (κ2) is 15.2. The van der Waals surface area contributed by atoms with Crippen LogP contribution in [-0.2, 0) is 0 Å². The van der Waals surface area contributed by atoms with Crippen molar-refractivity contribution in [1.82, 2.24) is 9.55 Å². The first kappa shape index (κ1) is 39.0. The van der Waals surface area contributed by atoms with Crippen LogP contribution in [0.15, 0.2) is 239 Å². The van der Waals surface area contributed by atoms with Gasteiger partial charge in [0.2, 0.25) is 0 Å². The van der Waals surface area contributed by atoms with Crippen LogP contribution < -0.4 is 0 Å². The Morgan fingerprint density at radius 1 is 0.343 bits per heavy atom. The Bertz CT molecular complexity index is 4590. The second-order valence-corrected chi connectivity index (χ2v) is 19.2. The van der Waals surface area contributed by atoms with E-state index in [1.165, 1.54) is 47.5 Å². The lowest BCUT2D eigenvalue weighted by molar-refractivity contribution is 0.669. The van der Waals surface area contributed by atoms with Crippen molar-refractivity contribution in [3.63, 3.8) is 0 Å². The van der Waals surface area contributed by atoms with Crippen molar-refractivity contribution in [3.8, 4) is 61.6 Å². The standard InChI is InChI=1S/C65H38N2O2S/c1-3-14-39(15-4-1)55-36-43(42-28-31-47-46-19-8-10-26-59(46)68-61(47)38-42)37-56(66-55)51-23-13-27-62-63(51)52-24-12-22-50(65(52)70-62)48-20-11-21-49-54-35-41(30-33-60(54)69-64(48)49)40-29-32-58-53(34-40)45-18-7-9-25-57(45)67(58)44-16-5-2-6-17-44/h1-38H. The molecule has 0 saturated heterocycles. The summed E-state index contributed by atoms with van der Waals surface area (Å²) in [6.07, 6.45) is 0. The quantitative estimate of drug-likeness (QED) is 0.167. The normalized spacial score (nSPS) is 12.0. The van der Waals surface area contributed by atoms with Gasteiger partial charge >= 0.3 is 0 Å². The zero-order valence-electron chi connectivity index (χ0n) is 37.6. The minimum atomic E-state index is 0.873. The van der Waals surface area contributed by atoms with Crippen molar-refractivity contribution < 1.29 is 8.83 Å². The van der Waals surface area contributed by atoms with Crippen molar-refractivity contribution in [1.29, 1.82) is 0 Å². The fourth-order valence-electron chi connectivity index (χ4n) is 11.0. The number of pyridine rings is 1. The highest BCUT2D eigenvalue weighted by Gasteiger charge is 2.21. The van der Waals surface area contributed by atoms with Crippen LogP contribution in [0.2, 0.25) is 0 Å². The van der Waals surface area contributed by atoms with Gasteiger partial charge in [0.1, 0.15) is 22.3 Å². The Hall–Kier alpha value is -9.03. The maximum absolute atomic E-state index is 6.86. The van der Waals surface area contributed by atoms with E-state index in [9.17, 15) is 0 Å². The zero-order chi connectivity index (χ0) is 45.9. The maximum Gasteiger partial charge on any atom is 0.143 e. The number of aromatic nitrogens is 2. The van der Waals surface area contributed by atoms with E-state index in [2.05, 4.69) is 223 Å². The molecule has 70 heavy (non-hydrogen) atoms. The average Bonchev–Trinajstić information content (AvgIpc) is 4.20. The molecule has 0 radical (unpaired) electrons. The number of benzene rings is 10. The summed E-state index contributed by atoms with van der Waals surface area (Å²) in [5.41, 5.74) is 17.8. The number of nitrogens with zero attached hydrogens (tertiary/aromatic N) is 2. The minimum Gasteiger partial charge on any atom is -0.456 e. The number of thiophene rings is 1. The Balaban J connectivity index is 0.858. The molecule has 5 heteroatoms. The molecule has 0 fully saturated rings. The van der Waals surface area contributed by atoms with Crippen LogP contribution in [0.25, 0.3) is 147 Å². The van der Waals surface area contributed by atoms with E-state index in [1.54, 1.807) is 0 Å². The molecule has 0 N–H and O–H groups in total. The number of fused-ring (bicyclic) bond motifs is 12. The number of rotatable bonds is 6. The molecular formula is C65H38N2O2S. The van der Waals surface area contributed by atoms with E-state index in [0.29, 0.717) is 0 Å². The van der Waals surface area contributed by atoms with Gasteiger partial charge in [-0.3, -0.25) is 0 Å². The summed E-state index contributed by atoms with van der Waals surface area (Å²) in [7, 11) is 0. The monoisotopic (exact) mass is 910 g/mol. The average molecular weight is 911 g/mol. The van der Waals surface area contributed by atoms with Gasteiger partial charge in [-0.05, 0) is 101 Å². The molecule has 0 saturated carbocycles. The molecule has 0 unspecified atom stereocenters. The first-order valence-corrected chi connectivity index (χ1v) is 24.5. The van der Waals surface area contributed by atoms with Crippen molar-refractivity contribution in [3.05, 3.63) is 231 Å². The summed E-state index contributed by atoms with van der Waals surface area (Å²) in [5.74, 6) is 0. The highest BCUT2D eigenvalue weighted by atomic mass is 32.1. The summed E-state index contributed by atoms with van der Waals surface area (Å²) in [6.45, 7) is 0. The van der Waals surface area contributed by atoms with Crippen LogP contribution in [0.4, 0.5) is 0 Å². The lowest BCUT2D eigenvalue weighted by atomic mass is 9.96. The summed E-state index contributed by atoms with van der Waals surface area (Å²) < 4.78 is 18.0. The third-order valence-electron chi connectivity index (χ3n) is 14.2. The predicted octanol–water partition coefficient (Wildman–Crippen LogP) is 18.7. The highest BCUT2D eigenvalue weighted by molar-refractivity contribution is 7.26. The van der Waals surface area contributed by atoms with Crippen molar-refractivity contribution in [2.24, 2.45) is 0 Å². The molecular weight excluding hydrogens is 873 g/mol. The van der Waals surface area contributed by atoms with Gasteiger partial charge < -0.3 is 13.4 Å². The van der Waals surface area contributed by atoms with E-state index in [0.717, 1.165) is 99.9 Å². The molecule has 0 aliphatic heterocycles. The molecule has 4 nitrogen and oxygen atoms in total. The molecule has 15 rings (SSSR count). The van der Waals surface area contributed by atoms with Gasteiger partial charge in [0.05, 0.1) is 22.4 Å². The zero-order valence-corrected chi connectivity index (χ0v) is 38.4. The number of furan rings is 2. The van der Waals surface area contributed by atoms with Crippen LogP contribution in [0.3, 0.4) is 0 Å². The summed E-state index contributed by atoms with van der Waals surface area (Å²) in [6, 6.07) is 82.4. The largest absolute Gasteiger partial charge is 0.456 e. The molecule has 0 spiro atoms. The van der Waals surface area contributed by atoms with E-state index < -0.39 is 0 Å². The van der Waals surface area contributed by atoms with Crippen LogP contribution in [0.5, 0.6) is 0 Å². The fraction of sp³-hybridized carbons (Fsp3) is 0. The molecule has 5 aromatic heterocycles. The summed E-state index contributed by atoms with van der Waals surface area (Å²) >= 11 is 1.83. The predicted molar refractivity (Wildman–Crippen MR) is 293 cm³/mol. The first-order chi connectivity index (χ1) is 34.7. The molecule has 0 amide bonds. The molecule has 0 aliphatic rings. The van der Waals surface area contributed by atoms with Crippen LogP contribution in [0.1, 0.15) is 0 Å². The van der Waals surface area contributed by atoms with E-state index in [4.69, 9.17) is 13.8 Å². The Labute approximate surface area is 405 Å². The smallest absolute Gasteiger partial charge is 0.143 e. The van der Waals surface area contributed by atoms with Gasteiger partial charge in [0.15, 0.2) is 0 Å². The van der Waals surface area contributed by atoms with E-state index in [1.807, 2.05) is 23.5 Å². The van der Waals surface area contributed by atoms with Crippen molar-refractivity contribution >= 4 is 97.2 Å². The van der Waals surface area contributed by atoms with E-state index >= 15 is 0 Å². The third-order valence-corrected chi connectivity index (χ3v) is 15.4. The molecule has 326 valence electrons. The molecule has 0 aliphatic carbocycles. The molecule has 10 aromatic carbocycles. The molecule has 15 aromatic rings. The maximum atomic E-state index is 6.86. The number of hydrogen-bond donors (Lipinski definition) is 0. The lowest BCUT2D eigenvalue weighted by Crippen LogP contribution is -1.92. The van der Waals surface area contributed by atoms with Gasteiger partial charge in [-0.25, -0.2) is 4.98 Å². The highest BCUT2D eigenvalue weighted by Crippen LogP contribution is 2.47. The lowest BCUT2D eigenvalue weighted by Gasteiger charge is -2.12. The van der Waals surface area contributed by atoms with Gasteiger partial charge in [0.25, 0.3) is 0 Å². The number of para-hydroxylation sites is 4. The molecule has 0 atom stereocenters. The first-order valence-electron chi connectivity index (χ1n) is 23.7.